The maximum Gasteiger partial charge on any atom is 0.160 e. The lowest BCUT2D eigenvalue weighted by Crippen LogP contribution is -1.97. The lowest BCUT2D eigenvalue weighted by Gasteiger charge is -2.14. The topological polar surface area (TPSA) is 38.7 Å². The molecule has 0 unspecified atom stereocenters. The zero-order valence-electron chi connectivity index (χ0n) is 31.8. The summed E-state index contributed by atoms with van der Waals surface area (Å²) in [4.78, 5) is 15.1. The Bertz CT molecular complexity index is 3090. The van der Waals surface area contributed by atoms with Crippen molar-refractivity contribution in [3.8, 4) is 56.2 Å². The number of pyridine rings is 1. The molecular weight excluding hydrogens is 691 g/mol. The smallest absolute Gasteiger partial charge is 0.160 e. The van der Waals surface area contributed by atoms with Gasteiger partial charge >= 0.3 is 0 Å². The average Bonchev–Trinajstić information content (AvgIpc) is 3.29. The summed E-state index contributed by atoms with van der Waals surface area (Å²) in [5.41, 5.74) is 14.1. The third-order valence-corrected chi connectivity index (χ3v) is 11.4. The molecule has 9 aromatic rings. The maximum atomic E-state index is 5.29. The Morgan fingerprint density at radius 3 is 1.98 bits per heavy atom. The van der Waals surface area contributed by atoms with Crippen LogP contribution in [0.2, 0.25) is 0 Å². The van der Waals surface area contributed by atoms with Gasteiger partial charge in [0, 0.05) is 40.0 Å². The summed E-state index contributed by atoms with van der Waals surface area (Å²) >= 11 is 0. The van der Waals surface area contributed by atoms with E-state index in [4.69, 9.17) is 9.97 Å². The number of hydrogen-bond acceptors (Lipinski definition) is 3. The summed E-state index contributed by atoms with van der Waals surface area (Å²) in [5.74, 6) is 0.680. The molecule has 7 aromatic carbocycles. The van der Waals surface area contributed by atoms with E-state index in [1.165, 1.54) is 49.2 Å². The minimum atomic E-state index is 0.680. The largest absolute Gasteiger partial charge is 0.263 e. The fourth-order valence-corrected chi connectivity index (χ4v) is 8.40. The van der Waals surface area contributed by atoms with Gasteiger partial charge in [0.1, 0.15) is 0 Å². The Kier molecular flexibility index (Phi) is 8.69. The number of hydrogen-bond donors (Lipinski definition) is 0. The van der Waals surface area contributed by atoms with E-state index >= 15 is 0 Å². The van der Waals surface area contributed by atoms with Crippen LogP contribution in [0.5, 0.6) is 0 Å². The lowest BCUT2D eigenvalue weighted by molar-refractivity contribution is 1.04. The number of fused-ring (bicyclic) bond motifs is 4. The Hall–Kier alpha value is -7.23. The van der Waals surface area contributed by atoms with Gasteiger partial charge < -0.3 is 0 Å². The Balaban J connectivity index is 1.10. The summed E-state index contributed by atoms with van der Waals surface area (Å²) in [6, 6.07) is 52.0. The first kappa shape index (κ1) is 34.3. The van der Waals surface area contributed by atoms with Crippen LogP contribution in [0.1, 0.15) is 29.5 Å². The van der Waals surface area contributed by atoms with E-state index in [1.54, 1.807) is 0 Å². The highest BCUT2D eigenvalue weighted by molar-refractivity contribution is 6.13. The molecule has 0 N–H and O–H groups in total. The van der Waals surface area contributed by atoms with Crippen LogP contribution in [0, 0.1) is 6.92 Å². The summed E-state index contributed by atoms with van der Waals surface area (Å²) in [5, 5.41) is 7.22. The number of aryl methyl sites for hydroxylation is 1. The molecule has 1 aliphatic rings. The number of benzene rings is 7. The van der Waals surface area contributed by atoms with Gasteiger partial charge in [-0.25, -0.2) is 9.97 Å². The van der Waals surface area contributed by atoms with Crippen LogP contribution in [0.25, 0.3) is 100 Å². The predicted molar refractivity (Wildman–Crippen MR) is 241 cm³/mol. The summed E-state index contributed by atoms with van der Waals surface area (Å²) in [6.45, 7) is 6.36. The highest BCUT2D eigenvalue weighted by Crippen LogP contribution is 2.38. The fourth-order valence-electron chi connectivity index (χ4n) is 8.40. The van der Waals surface area contributed by atoms with Crippen molar-refractivity contribution in [3.63, 3.8) is 0 Å². The van der Waals surface area contributed by atoms with E-state index in [2.05, 4.69) is 182 Å². The van der Waals surface area contributed by atoms with Crippen molar-refractivity contribution >= 4 is 44.0 Å². The monoisotopic (exact) mass is 729 g/mol. The van der Waals surface area contributed by atoms with Crippen molar-refractivity contribution in [2.45, 2.75) is 19.8 Å². The maximum absolute atomic E-state index is 5.29. The van der Waals surface area contributed by atoms with E-state index < -0.39 is 0 Å². The Morgan fingerprint density at radius 2 is 1.18 bits per heavy atom. The fraction of sp³-hybridized carbons (Fsp3) is 0.0556. The molecule has 0 aliphatic heterocycles. The molecule has 0 spiro atoms. The Labute approximate surface area is 333 Å². The van der Waals surface area contributed by atoms with Gasteiger partial charge in [0.05, 0.1) is 11.4 Å². The first-order valence-corrected chi connectivity index (χ1v) is 19.6. The summed E-state index contributed by atoms with van der Waals surface area (Å²) in [6.07, 6.45) is 14.8. The quantitative estimate of drug-likeness (QED) is 0.153. The first-order valence-electron chi connectivity index (χ1n) is 19.6. The second kappa shape index (κ2) is 14.4. The van der Waals surface area contributed by atoms with Gasteiger partial charge in [-0.2, -0.15) is 0 Å². The Morgan fingerprint density at radius 1 is 0.509 bits per heavy atom. The number of nitrogens with zero attached hydrogens (tertiary/aromatic N) is 3. The minimum absolute atomic E-state index is 0.680. The SMILES string of the molecule is C=Cc1c(C)c2ccccc2c2cc(-c3cccc(-c4nc(-c5ccc(C6=CCCC=C6)cc5)cc(-c5cccc(-c6cncc7ccccc67)c5)n4)c3)ccc12. The van der Waals surface area contributed by atoms with Crippen LogP contribution < -0.4 is 0 Å². The van der Waals surface area contributed by atoms with Crippen LogP contribution in [-0.2, 0) is 0 Å². The van der Waals surface area contributed by atoms with Crippen LogP contribution in [0.15, 0.2) is 183 Å². The van der Waals surface area contributed by atoms with Gasteiger partial charge in [0.25, 0.3) is 0 Å². The summed E-state index contributed by atoms with van der Waals surface area (Å²) in [7, 11) is 0. The van der Waals surface area contributed by atoms with E-state index in [0.717, 1.165) is 68.6 Å². The second-order valence-electron chi connectivity index (χ2n) is 14.8. The van der Waals surface area contributed by atoms with Crippen molar-refractivity contribution in [1.29, 1.82) is 0 Å². The van der Waals surface area contributed by atoms with Crippen LogP contribution in [-0.4, -0.2) is 15.0 Å². The second-order valence-corrected chi connectivity index (χ2v) is 14.8. The molecule has 57 heavy (non-hydrogen) atoms. The number of allylic oxidation sites excluding steroid dienone is 4. The normalized spacial score (nSPS) is 12.6. The van der Waals surface area contributed by atoms with Gasteiger partial charge in [-0.05, 0) is 110 Å². The lowest BCUT2D eigenvalue weighted by atomic mass is 9.90. The van der Waals surface area contributed by atoms with Crippen molar-refractivity contribution in [2.24, 2.45) is 0 Å². The van der Waals surface area contributed by atoms with Crippen LogP contribution >= 0.6 is 0 Å². The molecule has 0 radical (unpaired) electrons. The molecule has 0 saturated carbocycles. The highest BCUT2D eigenvalue weighted by Gasteiger charge is 2.15. The zero-order chi connectivity index (χ0) is 38.3. The van der Waals surface area contributed by atoms with Gasteiger partial charge in [0.15, 0.2) is 5.82 Å². The molecule has 2 heterocycles. The van der Waals surface area contributed by atoms with Crippen molar-refractivity contribution < 1.29 is 0 Å². The zero-order valence-corrected chi connectivity index (χ0v) is 31.8. The van der Waals surface area contributed by atoms with Crippen molar-refractivity contribution in [3.05, 3.63) is 199 Å². The molecule has 0 atom stereocenters. The molecule has 0 saturated heterocycles. The standard InChI is InChI=1S/C54H39N3/c1-3-45-35(2)46-20-9-10-22-48(46)50-31-40(27-28-49(45)50)39-16-11-19-43(29-39)54-56-52(38-25-23-37(24-26-38)36-13-5-4-6-14-36)32-53(57-54)42-18-12-17-41(30-42)51-34-55-33-44-15-7-8-21-47(44)51/h3,5,7-34H,1,4,6H2,2H3. The van der Waals surface area contributed by atoms with E-state index in [-0.39, 0.29) is 0 Å². The molecule has 3 heteroatoms. The molecular formula is C54H39N3. The van der Waals surface area contributed by atoms with E-state index in [1.807, 2.05) is 18.5 Å². The minimum Gasteiger partial charge on any atom is -0.263 e. The molecule has 2 aromatic heterocycles. The van der Waals surface area contributed by atoms with Gasteiger partial charge in [0.2, 0.25) is 0 Å². The summed E-state index contributed by atoms with van der Waals surface area (Å²) < 4.78 is 0. The van der Waals surface area contributed by atoms with E-state index in [9.17, 15) is 0 Å². The number of rotatable bonds is 7. The van der Waals surface area contributed by atoms with Crippen molar-refractivity contribution in [2.75, 3.05) is 0 Å². The van der Waals surface area contributed by atoms with Gasteiger partial charge in [-0.1, -0.05) is 152 Å². The van der Waals surface area contributed by atoms with Crippen LogP contribution in [0.3, 0.4) is 0 Å². The van der Waals surface area contributed by atoms with E-state index in [0.29, 0.717) is 5.82 Å². The molecule has 0 bridgehead atoms. The van der Waals surface area contributed by atoms with Crippen molar-refractivity contribution in [1.82, 2.24) is 15.0 Å². The first-order chi connectivity index (χ1) is 28.1. The average molecular weight is 730 g/mol. The molecule has 3 nitrogen and oxygen atoms in total. The third kappa shape index (κ3) is 6.33. The highest BCUT2D eigenvalue weighted by atomic mass is 14.9. The molecule has 0 amide bonds. The molecule has 0 fully saturated rings. The third-order valence-electron chi connectivity index (χ3n) is 11.4. The molecule has 270 valence electrons. The van der Waals surface area contributed by atoms with Crippen LogP contribution in [0.4, 0.5) is 0 Å². The number of aromatic nitrogens is 3. The molecule has 1 aliphatic carbocycles. The molecule has 10 rings (SSSR count). The predicted octanol–water partition coefficient (Wildman–Crippen LogP) is 14.4. The van der Waals surface area contributed by atoms with Gasteiger partial charge in [-0.3, -0.25) is 4.98 Å². The van der Waals surface area contributed by atoms with Gasteiger partial charge in [-0.15, -0.1) is 0 Å².